The lowest BCUT2D eigenvalue weighted by Gasteiger charge is -2.29. The number of hydrogen-bond donors (Lipinski definition) is 3. The van der Waals surface area contributed by atoms with Crippen LogP contribution >= 0.6 is 0 Å². The molecular formula is C17H25N3O3. The lowest BCUT2D eigenvalue weighted by Crippen LogP contribution is -2.43. The van der Waals surface area contributed by atoms with Crippen LogP contribution in [-0.4, -0.2) is 31.7 Å². The third-order valence-electron chi connectivity index (χ3n) is 4.11. The van der Waals surface area contributed by atoms with Crippen LogP contribution in [0.2, 0.25) is 0 Å². The van der Waals surface area contributed by atoms with E-state index >= 15 is 0 Å². The third-order valence-corrected chi connectivity index (χ3v) is 4.11. The van der Waals surface area contributed by atoms with Crippen LogP contribution in [0.3, 0.4) is 0 Å². The van der Waals surface area contributed by atoms with E-state index in [2.05, 4.69) is 22.9 Å². The van der Waals surface area contributed by atoms with Crippen LogP contribution in [0.15, 0.2) is 24.3 Å². The van der Waals surface area contributed by atoms with Crippen LogP contribution in [0.25, 0.3) is 0 Å². The van der Waals surface area contributed by atoms with E-state index in [4.69, 9.17) is 4.74 Å². The van der Waals surface area contributed by atoms with Crippen LogP contribution in [0.5, 0.6) is 0 Å². The Morgan fingerprint density at radius 1 is 1.17 bits per heavy atom. The molecule has 3 N–H and O–H groups in total. The maximum atomic E-state index is 12.1. The second kappa shape index (κ2) is 8.53. The SMILES string of the molecule is COCC(=O)Nc1cccc(NC(=O)NC2CCCCC2C)c1. The topological polar surface area (TPSA) is 79.5 Å². The van der Waals surface area contributed by atoms with Gasteiger partial charge in [0.15, 0.2) is 0 Å². The number of anilines is 2. The maximum absolute atomic E-state index is 12.1. The number of urea groups is 1. The van der Waals surface area contributed by atoms with Gasteiger partial charge in [-0.05, 0) is 37.0 Å². The van der Waals surface area contributed by atoms with Gasteiger partial charge in [0.05, 0.1) is 0 Å². The van der Waals surface area contributed by atoms with Gasteiger partial charge in [-0.25, -0.2) is 4.79 Å². The molecule has 0 aromatic heterocycles. The minimum absolute atomic E-state index is 0.00227. The summed E-state index contributed by atoms with van der Waals surface area (Å²) in [6, 6.07) is 7.08. The molecule has 23 heavy (non-hydrogen) atoms. The van der Waals surface area contributed by atoms with Crippen molar-refractivity contribution in [1.29, 1.82) is 0 Å². The van der Waals surface area contributed by atoms with Gasteiger partial charge in [0, 0.05) is 24.5 Å². The number of rotatable bonds is 5. The quantitative estimate of drug-likeness (QED) is 0.780. The second-order valence-corrected chi connectivity index (χ2v) is 6.03. The zero-order valence-corrected chi connectivity index (χ0v) is 13.7. The fraction of sp³-hybridized carbons (Fsp3) is 0.529. The van der Waals surface area contributed by atoms with Gasteiger partial charge in [-0.3, -0.25) is 4.79 Å². The Balaban J connectivity index is 1.89. The smallest absolute Gasteiger partial charge is 0.319 e. The molecule has 1 aromatic rings. The molecule has 2 rings (SSSR count). The van der Waals surface area contributed by atoms with Crippen molar-refractivity contribution in [1.82, 2.24) is 5.32 Å². The standard InChI is InChI=1S/C17H25N3O3/c1-12-6-3-4-9-15(12)20-17(22)19-14-8-5-7-13(10-14)18-16(21)11-23-2/h5,7-8,10,12,15H,3-4,6,9,11H2,1-2H3,(H,18,21)(H2,19,20,22). The molecule has 0 radical (unpaired) electrons. The zero-order valence-electron chi connectivity index (χ0n) is 13.7. The summed E-state index contributed by atoms with van der Waals surface area (Å²) < 4.78 is 4.77. The predicted octanol–water partition coefficient (Wildman–Crippen LogP) is 2.97. The van der Waals surface area contributed by atoms with Crippen LogP contribution in [0.1, 0.15) is 32.6 Å². The van der Waals surface area contributed by atoms with E-state index in [1.165, 1.54) is 13.5 Å². The van der Waals surface area contributed by atoms with Gasteiger partial charge in [-0.2, -0.15) is 0 Å². The van der Waals surface area contributed by atoms with E-state index in [1.54, 1.807) is 24.3 Å². The monoisotopic (exact) mass is 319 g/mol. The number of ether oxygens (including phenoxy) is 1. The number of amides is 3. The van der Waals surface area contributed by atoms with E-state index in [0.29, 0.717) is 17.3 Å². The predicted molar refractivity (Wildman–Crippen MR) is 90.5 cm³/mol. The summed E-state index contributed by atoms with van der Waals surface area (Å²) in [5.41, 5.74) is 1.26. The molecule has 0 heterocycles. The normalized spacial score (nSPS) is 20.6. The van der Waals surface area contributed by atoms with Crippen LogP contribution in [0.4, 0.5) is 16.2 Å². The molecule has 6 heteroatoms. The van der Waals surface area contributed by atoms with E-state index < -0.39 is 0 Å². The largest absolute Gasteiger partial charge is 0.375 e. The minimum atomic E-state index is -0.231. The summed E-state index contributed by atoms with van der Waals surface area (Å²) in [7, 11) is 1.47. The first-order valence-electron chi connectivity index (χ1n) is 8.05. The van der Waals surface area contributed by atoms with E-state index in [-0.39, 0.29) is 24.6 Å². The molecule has 1 aromatic carbocycles. The Morgan fingerprint density at radius 2 is 1.87 bits per heavy atom. The van der Waals surface area contributed by atoms with E-state index in [1.807, 2.05) is 0 Å². The van der Waals surface area contributed by atoms with Crippen molar-refractivity contribution >= 4 is 23.3 Å². The van der Waals surface area contributed by atoms with Crippen molar-refractivity contribution in [2.45, 2.75) is 38.6 Å². The third kappa shape index (κ3) is 5.56. The molecule has 0 saturated heterocycles. The van der Waals surface area contributed by atoms with Gasteiger partial charge in [0.1, 0.15) is 6.61 Å². The van der Waals surface area contributed by atoms with Gasteiger partial charge in [-0.15, -0.1) is 0 Å². The highest BCUT2D eigenvalue weighted by Crippen LogP contribution is 2.24. The molecule has 1 aliphatic carbocycles. The van der Waals surface area contributed by atoms with Gasteiger partial charge in [0.25, 0.3) is 0 Å². The summed E-state index contributed by atoms with van der Waals surface area (Å²) in [5, 5.41) is 8.57. The summed E-state index contributed by atoms with van der Waals surface area (Å²) in [6.45, 7) is 2.17. The second-order valence-electron chi connectivity index (χ2n) is 6.03. The van der Waals surface area contributed by atoms with Crippen molar-refractivity contribution in [3.05, 3.63) is 24.3 Å². The van der Waals surface area contributed by atoms with E-state index in [9.17, 15) is 9.59 Å². The first-order valence-corrected chi connectivity index (χ1v) is 8.05. The molecule has 2 atom stereocenters. The van der Waals surface area contributed by atoms with Gasteiger partial charge >= 0.3 is 6.03 Å². The molecular weight excluding hydrogens is 294 g/mol. The average Bonchev–Trinajstić information content (AvgIpc) is 2.50. The first-order chi connectivity index (χ1) is 11.1. The number of carbonyl (C=O) groups excluding carboxylic acids is 2. The Labute approximate surface area is 137 Å². The van der Waals surface area contributed by atoms with Crippen LogP contribution in [0, 0.1) is 5.92 Å². The van der Waals surface area contributed by atoms with Gasteiger partial charge < -0.3 is 20.7 Å². The molecule has 0 aliphatic heterocycles. The van der Waals surface area contributed by atoms with Crippen molar-refractivity contribution in [2.75, 3.05) is 24.4 Å². The van der Waals surface area contributed by atoms with Crippen molar-refractivity contribution in [3.8, 4) is 0 Å². The molecule has 0 spiro atoms. The molecule has 0 bridgehead atoms. The molecule has 1 aliphatic rings. The lowest BCUT2D eigenvalue weighted by atomic mass is 9.86. The molecule has 6 nitrogen and oxygen atoms in total. The maximum Gasteiger partial charge on any atom is 0.319 e. The van der Waals surface area contributed by atoms with Crippen LogP contribution in [-0.2, 0) is 9.53 Å². The first kappa shape index (κ1) is 17.3. The number of nitrogens with one attached hydrogen (secondary N) is 3. The Morgan fingerprint density at radius 3 is 2.57 bits per heavy atom. The highest BCUT2D eigenvalue weighted by molar-refractivity contribution is 5.94. The molecule has 1 saturated carbocycles. The number of methoxy groups -OCH3 is 1. The summed E-state index contributed by atoms with van der Waals surface area (Å²) >= 11 is 0. The number of benzene rings is 1. The zero-order chi connectivity index (χ0) is 16.7. The summed E-state index contributed by atoms with van der Waals surface area (Å²) in [4.78, 5) is 23.6. The fourth-order valence-electron chi connectivity index (χ4n) is 2.87. The number of carbonyl (C=O) groups is 2. The minimum Gasteiger partial charge on any atom is -0.375 e. The molecule has 3 amide bonds. The molecule has 2 unspecified atom stereocenters. The Hall–Kier alpha value is -2.08. The van der Waals surface area contributed by atoms with Crippen LogP contribution < -0.4 is 16.0 Å². The van der Waals surface area contributed by atoms with Crippen molar-refractivity contribution < 1.29 is 14.3 Å². The van der Waals surface area contributed by atoms with Gasteiger partial charge in [-0.1, -0.05) is 25.8 Å². The molecule has 1 fully saturated rings. The summed E-state index contributed by atoms with van der Waals surface area (Å²) in [6.07, 6.45) is 4.59. The average molecular weight is 319 g/mol. The Kier molecular flexibility index (Phi) is 6.40. The summed E-state index contributed by atoms with van der Waals surface area (Å²) in [5.74, 6) is 0.277. The highest BCUT2D eigenvalue weighted by Gasteiger charge is 2.22. The fourth-order valence-corrected chi connectivity index (χ4v) is 2.87. The number of hydrogen-bond acceptors (Lipinski definition) is 3. The van der Waals surface area contributed by atoms with Gasteiger partial charge in [0.2, 0.25) is 5.91 Å². The van der Waals surface area contributed by atoms with E-state index in [0.717, 1.165) is 19.3 Å². The Bertz CT molecular complexity index is 548. The lowest BCUT2D eigenvalue weighted by molar-refractivity contribution is -0.119. The highest BCUT2D eigenvalue weighted by atomic mass is 16.5. The van der Waals surface area contributed by atoms with Crippen molar-refractivity contribution in [2.24, 2.45) is 5.92 Å². The molecule has 126 valence electrons. The van der Waals surface area contributed by atoms with Crippen molar-refractivity contribution in [3.63, 3.8) is 0 Å².